The number of benzene rings is 1. The van der Waals surface area contributed by atoms with Crippen molar-refractivity contribution in [1.82, 2.24) is 5.32 Å². The minimum Gasteiger partial charge on any atom is -0.393 e. The molecular weight excluding hydrogens is 446 g/mol. The maximum absolute atomic E-state index is 14.0. The topological polar surface area (TPSA) is 65.9 Å². The summed E-state index contributed by atoms with van der Waals surface area (Å²) in [6, 6.07) is 4.62. The van der Waals surface area contributed by atoms with Crippen LogP contribution in [-0.4, -0.2) is 55.0 Å². The lowest BCUT2D eigenvalue weighted by Crippen LogP contribution is -2.36. The van der Waals surface area contributed by atoms with Gasteiger partial charge in [0.2, 0.25) is 0 Å². The monoisotopic (exact) mass is 473 g/mol. The molecule has 10 heteroatoms. The Labute approximate surface area is 187 Å². The zero-order chi connectivity index (χ0) is 22.8. The summed E-state index contributed by atoms with van der Waals surface area (Å²) in [6.45, 7) is 0.713. The van der Waals surface area contributed by atoms with Crippen LogP contribution in [-0.2, 0) is 11.3 Å². The van der Waals surface area contributed by atoms with E-state index < -0.39 is 30.4 Å². The van der Waals surface area contributed by atoms with E-state index in [0.29, 0.717) is 40.0 Å². The second kappa shape index (κ2) is 9.52. The molecule has 1 aromatic heterocycles. The Bertz CT molecular complexity index is 957. The van der Waals surface area contributed by atoms with Gasteiger partial charge in [-0.15, -0.1) is 11.3 Å². The predicted molar refractivity (Wildman–Crippen MR) is 118 cm³/mol. The van der Waals surface area contributed by atoms with E-state index in [1.165, 1.54) is 6.21 Å². The smallest absolute Gasteiger partial charge is 0.393 e. The van der Waals surface area contributed by atoms with Crippen molar-refractivity contribution in [2.45, 2.75) is 62.5 Å². The third kappa shape index (κ3) is 5.52. The van der Waals surface area contributed by atoms with Crippen LogP contribution in [0.5, 0.6) is 0 Å². The molecule has 3 N–H and O–H groups in total. The Kier molecular flexibility index (Phi) is 6.92. The zero-order valence-electron chi connectivity index (χ0n) is 17.6. The van der Waals surface area contributed by atoms with Gasteiger partial charge in [-0.1, -0.05) is 36.6 Å². The molecule has 0 unspecified atom stereocenters. The molecule has 1 saturated carbocycles. The maximum atomic E-state index is 14.0. The van der Waals surface area contributed by atoms with E-state index in [-0.39, 0.29) is 18.7 Å². The summed E-state index contributed by atoms with van der Waals surface area (Å²) in [5, 5.41) is 20.9. The van der Waals surface area contributed by atoms with Crippen molar-refractivity contribution in [3.05, 3.63) is 28.6 Å². The minimum absolute atomic E-state index is 0.0162. The second-order valence-electron chi connectivity index (χ2n) is 8.64. The zero-order valence-corrected chi connectivity index (χ0v) is 18.4. The number of rotatable bonds is 7. The number of nitrogens with one attached hydrogen (secondary N) is 2. The SMILES string of the molecule is OC1(CO/N=C/c2sc3c(N[C@@H]4CNC[C@@H]4F)cccc3c2CC(F)(F)F)CCCCC1. The number of hydrogen-bond acceptors (Lipinski definition) is 6. The third-order valence-corrected chi connectivity index (χ3v) is 7.29. The summed E-state index contributed by atoms with van der Waals surface area (Å²) < 4.78 is 54.6. The minimum atomic E-state index is -4.39. The molecule has 4 rings (SSSR count). The van der Waals surface area contributed by atoms with Crippen LogP contribution in [0.1, 0.15) is 42.5 Å². The molecule has 1 aromatic carbocycles. The number of nitrogens with zero attached hydrogens (tertiary/aromatic N) is 1. The first kappa shape index (κ1) is 23.3. The molecule has 0 bridgehead atoms. The molecular formula is C22H27F4N3O2S. The first-order valence-electron chi connectivity index (χ1n) is 10.8. The lowest BCUT2D eigenvalue weighted by Gasteiger charge is -2.30. The standard InChI is InChI=1S/C22H27F4N3O2S/c23-16-10-27-11-18(16)29-17-6-4-5-14-15(9-22(24,25)26)19(32-20(14)17)12-28-31-13-21(30)7-2-1-3-8-21/h4-6,12,16,18,27,29-30H,1-3,7-11,13H2/b28-12+/t16-,18+/m0/s1. The molecule has 0 spiro atoms. The summed E-state index contributed by atoms with van der Waals surface area (Å²) in [6.07, 6.45) is -1.10. The van der Waals surface area contributed by atoms with Crippen LogP contribution in [0.3, 0.4) is 0 Å². The Morgan fingerprint density at radius 1 is 1.25 bits per heavy atom. The Hall–Kier alpha value is -1.91. The summed E-state index contributed by atoms with van der Waals surface area (Å²) in [5.41, 5.74) is -0.213. The molecule has 176 valence electrons. The van der Waals surface area contributed by atoms with Crippen molar-refractivity contribution in [1.29, 1.82) is 0 Å². The van der Waals surface area contributed by atoms with Crippen LogP contribution in [0.2, 0.25) is 0 Å². The number of hydrogen-bond donors (Lipinski definition) is 3. The van der Waals surface area contributed by atoms with Gasteiger partial charge in [0.1, 0.15) is 18.4 Å². The number of fused-ring (bicyclic) bond motifs is 1. The van der Waals surface area contributed by atoms with Crippen molar-refractivity contribution in [2.75, 3.05) is 25.0 Å². The molecule has 2 heterocycles. The van der Waals surface area contributed by atoms with Gasteiger partial charge in [-0.05, 0) is 29.9 Å². The average Bonchev–Trinajstić information content (AvgIpc) is 3.29. The van der Waals surface area contributed by atoms with E-state index >= 15 is 0 Å². The Morgan fingerprint density at radius 2 is 2.03 bits per heavy atom. The van der Waals surface area contributed by atoms with E-state index in [9.17, 15) is 22.7 Å². The van der Waals surface area contributed by atoms with Gasteiger partial charge in [-0.25, -0.2) is 4.39 Å². The molecule has 2 fully saturated rings. The Balaban J connectivity index is 1.58. The van der Waals surface area contributed by atoms with Gasteiger partial charge < -0.3 is 20.6 Å². The van der Waals surface area contributed by atoms with Crippen molar-refractivity contribution in [3.63, 3.8) is 0 Å². The number of anilines is 1. The molecule has 1 saturated heterocycles. The average molecular weight is 474 g/mol. The normalized spacial score (nSPS) is 23.8. The highest BCUT2D eigenvalue weighted by molar-refractivity contribution is 7.21. The van der Waals surface area contributed by atoms with Gasteiger partial charge in [0, 0.05) is 13.1 Å². The molecule has 2 atom stereocenters. The number of thiophene rings is 1. The molecule has 1 aliphatic carbocycles. The molecule has 0 amide bonds. The summed E-state index contributed by atoms with van der Waals surface area (Å²) in [7, 11) is 0. The van der Waals surface area contributed by atoms with Gasteiger partial charge in [-0.2, -0.15) is 13.2 Å². The van der Waals surface area contributed by atoms with E-state index in [2.05, 4.69) is 15.8 Å². The van der Waals surface area contributed by atoms with Crippen molar-refractivity contribution >= 4 is 33.3 Å². The highest BCUT2D eigenvalue weighted by atomic mass is 32.1. The van der Waals surface area contributed by atoms with Crippen molar-refractivity contribution < 1.29 is 27.5 Å². The van der Waals surface area contributed by atoms with Crippen LogP contribution < -0.4 is 10.6 Å². The van der Waals surface area contributed by atoms with Gasteiger partial charge in [-0.3, -0.25) is 0 Å². The van der Waals surface area contributed by atoms with E-state index in [0.717, 1.165) is 30.6 Å². The summed E-state index contributed by atoms with van der Waals surface area (Å²) >= 11 is 1.16. The molecule has 2 aliphatic rings. The highest BCUT2D eigenvalue weighted by Gasteiger charge is 2.32. The van der Waals surface area contributed by atoms with Gasteiger partial charge in [0.05, 0.1) is 33.9 Å². The van der Waals surface area contributed by atoms with Crippen LogP contribution in [0.4, 0.5) is 23.2 Å². The fourth-order valence-electron chi connectivity index (χ4n) is 4.37. The first-order valence-corrected chi connectivity index (χ1v) is 11.7. The number of aliphatic hydroxyl groups is 1. The molecule has 2 aromatic rings. The van der Waals surface area contributed by atoms with Gasteiger partial charge >= 0.3 is 6.18 Å². The number of halogens is 4. The van der Waals surface area contributed by atoms with E-state index in [1.54, 1.807) is 18.2 Å². The third-order valence-electron chi connectivity index (χ3n) is 6.07. The van der Waals surface area contributed by atoms with Crippen LogP contribution in [0, 0.1) is 0 Å². The molecule has 0 radical (unpaired) electrons. The van der Waals surface area contributed by atoms with Gasteiger partial charge in [0.15, 0.2) is 0 Å². The van der Waals surface area contributed by atoms with Gasteiger partial charge in [0.25, 0.3) is 0 Å². The number of oxime groups is 1. The van der Waals surface area contributed by atoms with Crippen LogP contribution in [0.15, 0.2) is 23.4 Å². The van der Waals surface area contributed by atoms with E-state index in [4.69, 9.17) is 4.84 Å². The molecule has 32 heavy (non-hydrogen) atoms. The fraction of sp³-hybridized carbons (Fsp3) is 0.591. The van der Waals surface area contributed by atoms with E-state index in [1.807, 2.05) is 0 Å². The lowest BCUT2D eigenvalue weighted by molar-refractivity contribution is -0.126. The number of alkyl halides is 4. The fourth-order valence-corrected chi connectivity index (χ4v) is 5.53. The second-order valence-corrected chi connectivity index (χ2v) is 9.69. The predicted octanol–water partition coefficient (Wildman–Crippen LogP) is 4.77. The highest BCUT2D eigenvalue weighted by Crippen LogP contribution is 2.39. The quantitative estimate of drug-likeness (QED) is 0.308. The van der Waals surface area contributed by atoms with Crippen molar-refractivity contribution in [2.24, 2.45) is 5.16 Å². The lowest BCUT2D eigenvalue weighted by atomic mass is 9.86. The summed E-state index contributed by atoms with van der Waals surface area (Å²) in [5.74, 6) is 0. The molecule has 5 nitrogen and oxygen atoms in total. The first-order chi connectivity index (χ1) is 15.2. The largest absolute Gasteiger partial charge is 0.393 e. The summed E-state index contributed by atoms with van der Waals surface area (Å²) in [4.78, 5) is 5.62. The molecule has 1 aliphatic heterocycles. The maximum Gasteiger partial charge on any atom is 0.393 e. The van der Waals surface area contributed by atoms with Crippen LogP contribution >= 0.6 is 11.3 Å². The van der Waals surface area contributed by atoms with Crippen molar-refractivity contribution in [3.8, 4) is 0 Å². The van der Waals surface area contributed by atoms with Crippen LogP contribution in [0.25, 0.3) is 10.1 Å². The Morgan fingerprint density at radius 3 is 2.72 bits per heavy atom.